The molecule has 0 unspecified atom stereocenters. The minimum atomic E-state index is -3.04. The van der Waals surface area contributed by atoms with Gasteiger partial charge in [-0.15, -0.1) is 0 Å². The van der Waals surface area contributed by atoms with E-state index in [2.05, 4.69) is 0 Å². The molecule has 4 nitrogen and oxygen atoms in total. The number of nitrogens with zero attached hydrogens (tertiary/aromatic N) is 1. The maximum Gasteiger partial charge on any atom is 0.161 e. The summed E-state index contributed by atoms with van der Waals surface area (Å²) in [5.74, 6) is 0.165. The van der Waals surface area contributed by atoms with Crippen molar-refractivity contribution in [2.75, 3.05) is 16.4 Å². The predicted octanol–water partition coefficient (Wildman–Crippen LogP) is 2.65. The summed E-state index contributed by atoms with van der Waals surface area (Å²) in [5, 5.41) is 9.11. The van der Waals surface area contributed by atoms with Crippen molar-refractivity contribution in [3.8, 4) is 0 Å². The number of anilines is 1. The van der Waals surface area contributed by atoms with Crippen LogP contribution in [0.4, 0.5) is 5.69 Å². The van der Waals surface area contributed by atoms with E-state index in [0.29, 0.717) is 20.9 Å². The summed E-state index contributed by atoms with van der Waals surface area (Å²) < 4.78 is 23.4. The third-order valence-corrected chi connectivity index (χ3v) is 7.00. The topological polar surface area (TPSA) is 61.2 Å². The van der Waals surface area contributed by atoms with Crippen molar-refractivity contribution in [1.29, 1.82) is 5.41 Å². The zero-order chi connectivity index (χ0) is 13.8. The number of hydrogen-bond donors (Lipinski definition) is 1. The van der Waals surface area contributed by atoms with Crippen LogP contribution in [0.3, 0.4) is 0 Å². The number of fused-ring (bicyclic) bond motifs is 1. The van der Waals surface area contributed by atoms with Gasteiger partial charge in [0.2, 0.25) is 0 Å². The third kappa shape index (κ3) is 2.24. The summed E-state index contributed by atoms with van der Waals surface area (Å²) in [6.45, 7) is 0. The molecule has 3 rings (SSSR count). The van der Waals surface area contributed by atoms with E-state index in [1.54, 1.807) is 23.1 Å². The van der Waals surface area contributed by atoms with E-state index < -0.39 is 9.84 Å². The summed E-state index contributed by atoms with van der Waals surface area (Å²) in [7, 11) is -3.04. The molecule has 0 saturated carbocycles. The van der Waals surface area contributed by atoms with E-state index in [1.165, 1.54) is 11.8 Å². The van der Waals surface area contributed by atoms with Gasteiger partial charge in [-0.05, 0) is 12.1 Å². The Morgan fingerprint density at radius 3 is 2.53 bits per heavy atom. The van der Waals surface area contributed by atoms with Gasteiger partial charge in [-0.25, -0.2) is 8.42 Å². The highest BCUT2D eigenvalue weighted by atomic mass is 35.5. The van der Waals surface area contributed by atoms with Gasteiger partial charge in [0.25, 0.3) is 0 Å². The van der Waals surface area contributed by atoms with Crippen LogP contribution in [0.2, 0.25) is 10.0 Å². The average molecular weight is 337 g/mol. The molecule has 2 atom stereocenters. The van der Waals surface area contributed by atoms with Crippen LogP contribution in [0.5, 0.6) is 0 Å². The summed E-state index contributed by atoms with van der Waals surface area (Å²) in [6.07, 6.45) is 0. The second-order valence-corrected chi connectivity index (χ2v) is 8.74. The summed E-state index contributed by atoms with van der Waals surface area (Å²) >= 11 is 13.6. The maximum atomic E-state index is 11.7. The van der Waals surface area contributed by atoms with Crippen molar-refractivity contribution in [3.05, 3.63) is 28.2 Å². The Morgan fingerprint density at radius 1 is 1.26 bits per heavy atom. The molecule has 1 aromatic rings. The highest BCUT2D eigenvalue weighted by Gasteiger charge is 2.49. The van der Waals surface area contributed by atoms with Gasteiger partial charge in [0.05, 0.1) is 33.3 Å². The predicted molar refractivity (Wildman–Crippen MR) is 80.5 cm³/mol. The molecule has 0 amide bonds. The summed E-state index contributed by atoms with van der Waals surface area (Å²) in [5.41, 5.74) is 0.535. The fourth-order valence-electron chi connectivity index (χ4n) is 2.49. The Kier molecular flexibility index (Phi) is 3.24. The lowest BCUT2D eigenvalue weighted by molar-refractivity contribution is 0.601. The largest absolute Gasteiger partial charge is 0.313 e. The van der Waals surface area contributed by atoms with E-state index in [-0.39, 0.29) is 22.8 Å². The third-order valence-electron chi connectivity index (χ3n) is 3.26. The molecular formula is C11H10Cl2N2O2S2. The molecule has 19 heavy (non-hydrogen) atoms. The van der Waals surface area contributed by atoms with Crippen molar-refractivity contribution < 1.29 is 8.42 Å². The fraction of sp³-hybridized carbons (Fsp3) is 0.364. The lowest BCUT2D eigenvalue weighted by Gasteiger charge is -2.25. The molecule has 0 aromatic heterocycles. The molecule has 2 aliphatic rings. The first-order chi connectivity index (χ1) is 8.89. The Labute approximate surface area is 125 Å². The number of hydrogen-bond acceptors (Lipinski definition) is 4. The maximum absolute atomic E-state index is 11.7. The van der Waals surface area contributed by atoms with Crippen molar-refractivity contribution in [2.24, 2.45) is 0 Å². The van der Waals surface area contributed by atoms with Gasteiger partial charge in [0.15, 0.2) is 15.0 Å². The van der Waals surface area contributed by atoms with Crippen LogP contribution in [0.15, 0.2) is 18.2 Å². The monoisotopic (exact) mass is 336 g/mol. The Morgan fingerprint density at radius 2 is 1.89 bits per heavy atom. The minimum Gasteiger partial charge on any atom is -0.313 e. The average Bonchev–Trinajstić information content (AvgIpc) is 2.71. The smallest absolute Gasteiger partial charge is 0.161 e. The number of sulfone groups is 1. The van der Waals surface area contributed by atoms with Crippen LogP contribution >= 0.6 is 35.0 Å². The Balaban J connectivity index is 2.07. The lowest BCUT2D eigenvalue weighted by Crippen LogP contribution is -2.37. The summed E-state index contributed by atoms with van der Waals surface area (Å²) in [6, 6.07) is 4.86. The van der Waals surface area contributed by atoms with Crippen LogP contribution in [0.1, 0.15) is 0 Å². The van der Waals surface area contributed by atoms with Gasteiger partial charge in [-0.3, -0.25) is 5.41 Å². The van der Waals surface area contributed by atoms with Gasteiger partial charge in [0, 0.05) is 5.25 Å². The SMILES string of the molecule is N=C1S[C@H]2CS(=O)(=O)C[C@@H]2N1c1c(Cl)cccc1Cl. The molecule has 0 aliphatic carbocycles. The van der Waals surface area contributed by atoms with E-state index in [0.717, 1.165) is 0 Å². The van der Waals surface area contributed by atoms with Crippen molar-refractivity contribution in [1.82, 2.24) is 0 Å². The molecule has 1 N–H and O–H groups in total. The molecule has 0 bridgehead atoms. The molecule has 0 radical (unpaired) electrons. The van der Waals surface area contributed by atoms with Crippen molar-refractivity contribution in [2.45, 2.75) is 11.3 Å². The van der Waals surface area contributed by atoms with Crippen LogP contribution in [0, 0.1) is 5.41 Å². The van der Waals surface area contributed by atoms with Gasteiger partial charge >= 0.3 is 0 Å². The van der Waals surface area contributed by atoms with Crippen LogP contribution in [0.25, 0.3) is 0 Å². The van der Waals surface area contributed by atoms with Crippen LogP contribution in [-0.4, -0.2) is 36.4 Å². The van der Waals surface area contributed by atoms with Crippen molar-refractivity contribution in [3.63, 3.8) is 0 Å². The van der Waals surface area contributed by atoms with Gasteiger partial charge < -0.3 is 4.90 Å². The number of nitrogens with one attached hydrogen (secondary N) is 1. The molecule has 2 fully saturated rings. The first kappa shape index (κ1) is 13.5. The quantitative estimate of drug-likeness (QED) is 0.856. The van der Waals surface area contributed by atoms with E-state index in [1.807, 2.05) is 0 Å². The standard InChI is InChI=1S/C11H10Cl2N2O2S2/c12-6-2-1-3-7(13)10(6)15-8-4-19(16,17)5-9(8)18-11(15)14/h1-3,8-9,14H,4-5H2/t8-,9-/m0/s1. The van der Waals surface area contributed by atoms with E-state index in [4.69, 9.17) is 28.6 Å². The Bertz CT molecular complexity index is 642. The number of rotatable bonds is 1. The molecular weight excluding hydrogens is 327 g/mol. The highest BCUT2D eigenvalue weighted by molar-refractivity contribution is 8.15. The molecule has 1 aromatic carbocycles. The van der Waals surface area contributed by atoms with Gasteiger partial charge in [0.1, 0.15) is 0 Å². The first-order valence-corrected chi connectivity index (χ1v) is 9.03. The van der Waals surface area contributed by atoms with Crippen LogP contribution in [-0.2, 0) is 9.84 Å². The number of halogens is 2. The van der Waals surface area contributed by atoms with Crippen LogP contribution < -0.4 is 4.90 Å². The highest BCUT2D eigenvalue weighted by Crippen LogP contribution is 2.44. The van der Waals surface area contributed by atoms with Gasteiger partial charge in [-0.1, -0.05) is 41.0 Å². The number of benzene rings is 1. The fourth-order valence-corrected chi connectivity index (χ4v) is 6.85. The normalized spacial score (nSPS) is 28.7. The molecule has 0 spiro atoms. The summed E-state index contributed by atoms with van der Waals surface area (Å²) in [4.78, 5) is 1.66. The molecule has 2 saturated heterocycles. The van der Waals surface area contributed by atoms with E-state index in [9.17, 15) is 8.42 Å². The number of amidine groups is 1. The molecule has 2 aliphatic heterocycles. The zero-order valence-electron chi connectivity index (χ0n) is 9.64. The molecule has 2 heterocycles. The lowest BCUT2D eigenvalue weighted by atomic mass is 10.2. The second-order valence-electron chi connectivity index (χ2n) is 4.55. The van der Waals surface area contributed by atoms with Gasteiger partial charge in [-0.2, -0.15) is 0 Å². The number of thioether (sulfide) groups is 1. The molecule has 102 valence electrons. The number of para-hydroxylation sites is 1. The Hall–Kier alpha value is -0.430. The zero-order valence-corrected chi connectivity index (χ0v) is 12.8. The minimum absolute atomic E-state index is 0.0502. The second kappa shape index (κ2) is 4.55. The van der Waals surface area contributed by atoms with E-state index >= 15 is 0 Å². The van der Waals surface area contributed by atoms with Crippen molar-refractivity contribution >= 4 is 55.7 Å². The molecule has 8 heteroatoms. The first-order valence-electron chi connectivity index (χ1n) is 5.58.